The van der Waals surface area contributed by atoms with Gasteiger partial charge in [0.15, 0.2) is 5.78 Å². The summed E-state index contributed by atoms with van der Waals surface area (Å²) < 4.78 is 26.1. The third kappa shape index (κ3) is 7.59. The molecule has 0 spiro atoms. The molecule has 0 aliphatic rings. The van der Waals surface area contributed by atoms with Gasteiger partial charge in [-0.05, 0) is 75.7 Å². The number of methoxy groups -OCH3 is 1. The molecule has 1 amide bonds. The molecule has 1 N–H and O–H groups in total. The van der Waals surface area contributed by atoms with Crippen molar-refractivity contribution < 1.29 is 28.2 Å². The zero-order chi connectivity index (χ0) is 31.3. The molecule has 4 aromatic rings. The highest BCUT2D eigenvalue weighted by Crippen LogP contribution is 2.31. The van der Waals surface area contributed by atoms with Crippen molar-refractivity contribution in [2.75, 3.05) is 12.4 Å². The third-order valence-electron chi connectivity index (χ3n) is 6.42. The number of benzene rings is 3. The van der Waals surface area contributed by atoms with Crippen LogP contribution in [0.2, 0.25) is 0 Å². The van der Waals surface area contributed by atoms with Gasteiger partial charge in [-0.15, -0.1) is 5.10 Å². The van der Waals surface area contributed by atoms with E-state index in [1.54, 1.807) is 32.9 Å². The number of amides is 1. The first-order valence-electron chi connectivity index (χ1n) is 13.5. The van der Waals surface area contributed by atoms with Crippen molar-refractivity contribution in [3.63, 3.8) is 0 Å². The van der Waals surface area contributed by atoms with E-state index in [2.05, 4.69) is 10.4 Å². The lowest BCUT2D eigenvalue weighted by Crippen LogP contribution is -2.36. The number of carbonyl (C=O) groups is 3. The maximum Gasteiger partial charge on any atom is 0.338 e. The Hall–Kier alpha value is -5.12. The summed E-state index contributed by atoms with van der Waals surface area (Å²) in [5.74, 6) is -2.05. The second-order valence-corrected chi connectivity index (χ2v) is 10.9. The van der Waals surface area contributed by atoms with Crippen LogP contribution < -0.4 is 15.6 Å². The Kier molecular flexibility index (Phi) is 9.18. The van der Waals surface area contributed by atoms with Gasteiger partial charge in [0.25, 0.3) is 5.56 Å². The number of hydrogen-bond acceptors (Lipinski definition) is 7. The molecular formula is C33H32FN3O6. The van der Waals surface area contributed by atoms with Gasteiger partial charge in [-0.2, -0.15) is 0 Å². The van der Waals surface area contributed by atoms with E-state index < -0.39 is 34.9 Å². The Labute approximate surface area is 248 Å². The van der Waals surface area contributed by atoms with Crippen LogP contribution >= 0.6 is 0 Å². The monoisotopic (exact) mass is 585 g/mol. The highest BCUT2D eigenvalue weighted by atomic mass is 19.1. The van der Waals surface area contributed by atoms with Crippen molar-refractivity contribution in [2.24, 2.45) is 0 Å². The second-order valence-electron chi connectivity index (χ2n) is 10.9. The fourth-order valence-electron chi connectivity index (χ4n) is 4.45. The summed E-state index contributed by atoms with van der Waals surface area (Å²) in [6.07, 6.45) is 0.108. The molecule has 0 radical (unpaired) electrons. The molecule has 10 heteroatoms. The zero-order valence-electron chi connectivity index (χ0n) is 24.5. The minimum atomic E-state index is -1.12. The molecule has 0 saturated heterocycles. The Morgan fingerprint density at radius 2 is 1.63 bits per heavy atom. The van der Waals surface area contributed by atoms with E-state index in [0.29, 0.717) is 11.3 Å². The number of nitrogens with zero attached hydrogens (tertiary/aromatic N) is 2. The van der Waals surface area contributed by atoms with E-state index >= 15 is 0 Å². The maximum atomic E-state index is 14.2. The number of carbonyl (C=O) groups excluding carboxylic acids is 3. The van der Waals surface area contributed by atoms with Crippen LogP contribution in [-0.2, 0) is 16.0 Å². The molecule has 0 aliphatic carbocycles. The first-order valence-corrected chi connectivity index (χ1v) is 13.5. The standard InChI is InChI=1S/C33H32FN3O6/c1-20(38)25-16-13-23(34)18-26(25)27-19-29(39)37(36-31(27)42-5)28(17-21-9-7-6-8-10-21)30(40)35-24-14-11-22(12-15-24)32(41)43-33(2,3)4/h6-16,18-19,28H,17H2,1-5H3,(H,35,40). The summed E-state index contributed by atoms with van der Waals surface area (Å²) in [6.45, 7) is 6.64. The first kappa shape index (κ1) is 30.8. The van der Waals surface area contributed by atoms with Gasteiger partial charge < -0.3 is 14.8 Å². The molecule has 0 bridgehead atoms. The molecule has 3 aromatic carbocycles. The summed E-state index contributed by atoms with van der Waals surface area (Å²) in [7, 11) is 1.33. The number of Topliss-reactive ketones (excluding diaryl/α,β-unsaturated/α-hetero) is 1. The van der Waals surface area contributed by atoms with E-state index in [1.807, 2.05) is 30.3 Å². The predicted octanol–water partition coefficient (Wildman–Crippen LogP) is 5.64. The van der Waals surface area contributed by atoms with Crippen LogP contribution in [0.15, 0.2) is 83.7 Å². The number of esters is 1. The minimum absolute atomic E-state index is 0.0692. The summed E-state index contributed by atoms with van der Waals surface area (Å²) in [5.41, 5.74) is 0.599. The number of aromatic nitrogens is 2. The van der Waals surface area contributed by atoms with Gasteiger partial charge in [0.1, 0.15) is 17.5 Å². The van der Waals surface area contributed by atoms with E-state index in [4.69, 9.17) is 9.47 Å². The van der Waals surface area contributed by atoms with Crippen molar-refractivity contribution >= 4 is 23.3 Å². The van der Waals surface area contributed by atoms with Crippen molar-refractivity contribution in [1.29, 1.82) is 0 Å². The fraction of sp³-hybridized carbons (Fsp3) is 0.242. The third-order valence-corrected chi connectivity index (χ3v) is 6.42. The summed E-state index contributed by atoms with van der Waals surface area (Å²) in [4.78, 5) is 51.8. The van der Waals surface area contributed by atoms with Crippen LogP contribution in [0.1, 0.15) is 60.0 Å². The molecule has 43 heavy (non-hydrogen) atoms. The summed E-state index contributed by atoms with van der Waals surface area (Å²) >= 11 is 0. The van der Waals surface area contributed by atoms with Gasteiger partial charge in [0, 0.05) is 29.3 Å². The predicted molar refractivity (Wildman–Crippen MR) is 160 cm³/mol. The van der Waals surface area contributed by atoms with Crippen molar-refractivity contribution in [3.8, 4) is 17.0 Å². The van der Waals surface area contributed by atoms with Crippen LogP contribution in [0.25, 0.3) is 11.1 Å². The molecule has 4 rings (SSSR count). The van der Waals surface area contributed by atoms with Crippen LogP contribution in [0.5, 0.6) is 5.88 Å². The van der Waals surface area contributed by atoms with Gasteiger partial charge in [-0.3, -0.25) is 14.4 Å². The Morgan fingerprint density at radius 3 is 2.23 bits per heavy atom. The van der Waals surface area contributed by atoms with Crippen LogP contribution in [0, 0.1) is 5.82 Å². The molecule has 0 fully saturated rings. The van der Waals surface area contributed by atoms with E-state index in [0.717, 1.165) is 22.4 Å². The Morgan fingerprint density at radius 1 is 0.953 bits per heavy atom. The number of nitrogens with one attached hydrogen (secondary N) is 1. The molecule has 0 saturated carbocycles. The van der Waals surface area contributed by atoms with Gasteiger partial charge in [-0.1, -0.05) is 30.3 Å². The minimum Gasteiger partial charge on any atom is -0.480 e. The zero-order valence-corrected chi connectivity index (χ0v) is 24.5. The van der Waals surface area contributed by atoms with Gasteiger partial charge in [0.05, 0.1) is 18.2 Å². The number of rotatable bonds is 9. The van der Waals surface area contributed by atoms with Crippen molar-refractivity contribution in [3.05, 3.63) is 112 Å². The quantitative estimate of drug-likeness (QED) is 0.200. The van der Waals surface area contributed by atoms with E-state index in [-0.39, 0.29) is 34.8 Å². The average molecular weight is 586 g/mol. The van der Waals surface area contributed by atoms with Gasteiger partial charge in [0.2, 0.25) is 11.8 Å². The first-order chi connectivity index (χ1) is 20.4. The number of ether oxygens (including phenoxy) is 2. The van der Waals surface area contributed by atoms with Crippen molar-refractivity contribution in [1.82, 2.24) is 9.78 Å². The molecule has 1 unspecified atom stereocenters. The van der Waals surface area contributed by atoms with Crippen molar-refractivity contribution in [2.45, 2.75) is 45.8 Å². The molecule has 1 atom stereocenters. The van der Waals surface area contributed by atoms with E-state index in [9.17, 15) is 23.6 Å². The fourth-order valence-corrected chi connectivity index (χ4v) is 4.45. The molecule has 0 aliphatic heterocycles. The maximum absolute atomic E-state index is 14.2. The summed E-state index contributed by atoms with van der Waals surface area (Å²) in [6, 6.07) is 18.9. The van der Waals surface area contributed by atoms with Gasteiger partial charge in [-0.25, -0.2) is 13.9 Å². The molecule has 1 heterocycles. The lowest BCUT2D eigenvalue weighted by molar-refractivity contribution is -0.119. The molecular weight excluding hydrogens is 553 g/mol. The largest absolute Gasteiger partial charge is 0.480 e. The molecule has 1 aromatic heterocycles. The number of anilines is 1. The van der Waals surface area contributed by atoms with Crippen LogP contribution in [0.3, 0.4) is 0 Å². The van der Waals surface area contributed by atoms with E-state index in [1.165, 1.54) is 38.3 Å². The Balaban J connectivity index is 1.72. The number of hydrogen-bond donors (Lipinski definition) is 1. The van der Waals surface area contributed by atoms with Crippen LogP contribution in [-0.4, -0.2) is 40.2 Å². The van der Waals surface area contributed by atoms with Crippen LogP contribution in [0.4, 0.5) is 10.1 Å². The average Bonchev–Trinajstić information content (AvgIpc) is 2.95. The molecule has 9 nitrogen and oxygen atoms in total. The SMILES string of the molecule is COc1nn(C(Cc2ccccc2)C(=O)Nc2ccc(C(=O)OC(C)(C)C)cc2)c(=O)cc1-c1cc(F)ccc1C(C)=O. The number of halogens is 1. The van der Waals surface area contributed by atoms with Gasteiger partial charge >= 0.3 is 5.97 Å². The highest BCUT2D eigenvalue weighted by Gasteiger charge is 2.27. The smallest absolute Gasteiger partial charge is 0.338 e. The second kappa shape index (κ2) is 12.8. The Bertz CT molecular complexity index is 1710. The summed E-state index contributed by atoms with van der Waals surface area (Å²) in [5, 5.41) is 7.15. The number of ketones is 1. The topological polar surface area (TPSA) is 117 Å². The molecule has 222 valence electrons. The normalized spacial score (nSPS) is 11.9. The lowest BCUT2D eigenvalue weighted by atomic mass is 9.98. The highest BCUT2D eigenvalue weighted by molar-refractivity contribution is 6.01. The lowest BCUT2D eigenvalue weighted by Gasteiger charge is -2.21.